The highest BCUT2D eigenvalue weighted by atomic mass is 16.4. The molecule has 2 aromatic heterocycles. The van der Waals surface area contributed by atoms with Crippen molar-refractivity contribution in [2.45, 2.75) is 0 Å². The fraction of sp³-hybridized carbons (Fsp3) is 0. The van der Waals surface area contributed by atoms with Gasteiger partial charge in [-0.05, 0) is 18.2 Å². The Kier molecular flexibility index (Phi) is 4.14. The molecule has 5 heteroatoms. The van der Waals surface area contributed by atoms with Gasteiger partial charge in [-0.15, -0.1) is 0 Å². The lowest BCUT2D eigenvalue weighted by Crippen LogP contribution is -2.15. The quantitative estimate of drug-likeness (QED) is 0.250. The van der Waals surface area contributed by atoms with Gasteiger partial charge in [-0.25, -0.2) is 4.79 Å². The molecule has 5 nitrogen and oxygen atoms in total. The molecule has 30 heavy (non-hydrogen) atoms. The summed E-state index contributed by atoms with van der Waals surface area (Å²) in [6.45, 7) is 0. The molecule has 0 fully saturated rings. The smallest absolute Gasteiger partial charge is 0.347 e. The minimum Gasteiger partial charge on any atom is -0.455 e. The van der Waals surface area contributed by atoms with Crippen LogP contribution in [0.2, 0.25) is 0 Å². The molecule has 0 N–H and O–H groups in total. The van der Waals surface area contributed by atoms with Crippen LogP contribution < -0.4 is 11.1 Å². The molecule has 0 aliphatic rings. The first kappa shape index (κ1) is 17.8. The highest BCUT2D eigenvalue weighted by Gasteiger charge is 2.18. The SMILES string of the molecule is O=C(c1ccccc1)c1cc2c(ccc3c(=O)cc(-c4ccccc4)oc32)oc1=O. The minimum absolute atomic E-state index is 0.117. The zero-order valence-corrected chi connectivity index (χ0v) is 15.6. The van der Waals surface area contributed by atoms with Crippen LogP contribution in [-0.2, 0) is 0 Å². The van der Waals surface area contributed by atoms with Crippen LogP contribution in [0, 0.1) is 0 Å². The van der Waals surface area contributed by atoms with Gasteiger partial charge in [-0.3, -0.25) is 9.59 Å². The highest BCUT2D eigenvalue weighted by molar-refractivity contribution is 6.11. The van der Waals surface area contributed by atoms with Crippen molar-refractivity contribution in [1.82, 2.24) is 0 Å². The summed E-state index contributed by atoms with van der Waals surface area (Å²) in [4.78, 5) is 38.0. The Morgan fingerprint density at radius 1 is 0.700 bits per heavy atom. The first-order chi connectivity index (χ1) is 14.6. The third-order valence-electron chi connectivity index (χ3n) is 4.95. The van der Waals surface area contributed by atoms with E-state index in [0.29, 0.717) is 22.1 Å². The Morgan fingerprint density at radius 3 is 2.13 bits per heavy atom. The van der Waals surface area contributed by atoms with Gasteiger partial charge in [0.05, 0.1) is 10.8 Å². The molecule has 5 rings (SSSR count). The number of carbonyl (C=O) groups excluding carboxylic acids is 1. The summed E-state index contributed by atoms with van der Waals surface area (Å²) in [5.74, 6) is -0.0625. The van der Waals surface area contributed by atoms with E-state index in [4.69, 9.17) is 8.83 Å². The van der Waals surface area contributed by atoms with Crippen molar-refractivity contribution in [1.29, 1.82) is 0 Å². The molecule has 3 aromatic carbocycles. The highest BCUT2D eigenvalue weighted by Crippen LogP contribution is 2.28. The number of hydrogen-bond donors (Lipinski definition) is 0. The van der Waals surface area contributed by atoms with E-state index in [2.05, 4.69) is 0 Å². The summed E-state index contributed by atoms with van der Waals surface area (Å²) < 4.78 is 11.4. The summed E-state index contributed by atoms with van der Waals surface area (Å²) in [6.07, 6.45) is 0. The third kappa shape index (κ3) is 2.93. The number of ketones is 1. The van der Waals surface area contributed by atoms with Gasteiger partial charge in [0.2, 0.25) is 0 Å². The van der Waals surface area contributed by atoms with Crippen molar-refractivity contribution in [3.05, 3.63) is 117 Å². The molecule has 0 aliphatic heterocycles. The summed E-state index contributed by atoms with van der Waals surface area (Å²) in [5.41, 5.74) is 0.544. The summed E-state index contributed by atoms with van der Waals surface area (Å²) in [7, 11) is 0. The molecule has 0 saturated carbocycles. The predicted molar refractivity (Wildman–Crippen MR) is 114 cm³/mol. The molecule has 0 atom stereocenters. The summed E-state index contributed by atoms with van der Waals surface area (Å²) >= 11 is 0. The van der Waals surface area contributed by atoms with Gasteiger partial charge in [0, 0.05) is 17.2 Å². The maximum atomic E-state index is 12.8. The molecule has 2 heterocycles. The first-order valence-electron chi connectivity index (χ1n) is 9.32. The van der Waals surface area contributed by atoms with E-state index in [-0.39, 0.29) is 22.2 Å². The standard InChI is InChI=1S/C25H14O5/c26-20-14-22(15-7-3-1-4-8-15)29-24-17(20)11-12-21-18(24)13-19(25(28)30-21)23(27)16-9-5-2-6-10-16/h1-14H. The molecule has 0 saturated heterocycles. The van der Waals surface area contributed by atoms with E-state index in [1.54, 1.807) is 36.4 Å². The topological polar surface area (TPSA) is 77.5 Å². The van der Waals surface area contributed by atoms with E-state index < -0.39 is 11.4 Å². The number of fused-ring (bicyclic) bond motifs is 3. The molecular formula is C25H14O5. The Morgan fingerprint density at radius 2 is 1.40 bits per heavy atom. The van der Waals surface area contributed by atoms with Gasteiger partial charge in [0.25, 0.3) is 0 Å². The normalized spacial score (nSPS) is 11.1. The van der Waals surface area contributed by atoms with Crippen molar-refractivity contribution in [3.63, 3.8) is 0 Å². The predicted octanol–water partition coefficient (Wildman–Crippen LogP) is 4.80. The number of carbonyl (C=O) groups is 1. The van der Waals surface area contributed by atoms with E-state index in [0.717, 1.165) is 5.56 Å². The van der Waals surface area contributed by atoms with Gasteiger partial charge >= 0.3 is 5.63 Å². The van der Waals surface area contributed by atoms with Gasteiger partial charge in [-0.2, -0.15) is 0 Å². The van der Waals surface area contributed by atoms with Gasteiger partial charge in [-0.1, -0.05) is 60.7 Å². The van der Waals surface area contributed by atoms with E-state index in [1.165, 1.54) is 18.2 Å². The number of benzene rings is 3. The van der Waals surface area contributed by atoms with Crippen molar-refractivity contribution in [2.24, 2.45) is 0 Å². The molecule has 144 valence electrons. The summed E-state index contributed by atoms with van der Waals surface area (Å²) in [6, 6.07) is 23.7. The average Bonchev–Trinajstić information content (AvgIpc) is 2.79. The fourth-order valence-corrected chi connectivity index (χ4v) is 3.45. The van der Waals surface area contributed by atoms with Gasteiger partial charge in [0.15, 0.2) is 11.2 Å². The van der Waals surface area contributed by atoms with Crippen molar-refractivity contribution in [3.8, 4) is 11.3 Å². The second kappa shape index (κ2) is 6.97. The second-order valence-corrected chi connectivity index (χ2v) is 6.84. The molecule has 0 unspecified atom stereocenters. The van der Waals surface area contributed by atoms with E-state index >= 15 is 0 Å². The van der Waals surface area contributed by atoms with Crippen LogP contribution in [-0.4, -0.2) is 5.78 Å². The van der Waals surface area contributed by atoms with Crippen LogP contribution in [0.25, 0.3) is 33.3 Å². The summed E-state index contributed by atoms with van der Waals surface area (Å²) in [5, 5.41) is 0.732. The Bertz CT molecular complexity index is 1530. The molecule has 0 spiro atoms. The van der Waals surface area contributed by atoms with Crippen LogP contribution >= 0.6 is 0 Å². The minimum atomic E-state index is -0.739. The van der Waals surface area contributed by atoms with Crippen LogP contribution in [0.5, 0.6) is 0 Å². The molecule has 0 amide bonds. The van der Waals surface area contributed by atoms with Crippen LogP contribution in [0.3, 0.4) is 0 Å². The zero-order chi connectivity index (χ0) is 20.7. The van der Waals surface area contributed by atoms with Gasteiger partial charge < -0.3 is 8.83 Å². The van der Waals surface area contributed by atoms with Crippen molar-refractivity contribution < 1.29 is 13.6 Å². The maximum absolute atomic E-state index is 12.8. The van der Waals surface area contributed by atoms with Crippen molar-refractivity contribution in [2.75, 3.05) is 0 Å². The first-order valence-corrected chi connectivity index (χ1v) is 9.32. The average molecular weight is 394 g/mol. The zero-order valence-electron chi connectivity index (χ0n) is 15.6. The Labute approximate surface area is 169 Å². The monoisotopic (exact) mass is 394 g/mol. The van der Waals surface area contributed by atoms with Crippen LogP contribution in [0.1, 0.15) is 15.9 Å². The van der Waals surface area contributed by atoms with Gasteiger partial charge in [0.1, 0.15) is 22.5 Å². The lowest BCUT2D eigenvalue weighted by molar-refractivity contribution is 0.103. The van der Waals surface area contributed by atoms with Crippen molar-refractivity contribution >= 4 is 27.7 Å². The lowest BCUT2D eigenvalue weighted by atomic mass is 10.0. The van der Waals surface area contributed by atoms with E-state index in [9.17, 15) is 14.4 Å². The maximum Gasteiger partial charge on any atom is 0.347 e. The Hall–Kier alpha value is -4.25. The van der Waals surface area contributed by atoms with E-state index in [1.807, 2.05) is 30.3 Å². The number of hydrogen-bond acceptors (Lipinski definition) is 5. The third-order valence-corrected chi connectivity index (χ3v) is 4.95. The molecular weight excluding hydrogens is 380 g/mol. The lowest BCUT2D eigenvalue weighted by Gasteiger charge is -2.07. The van der Waals surface area contributed by atoms with Crippen LogP contribution in [0.4, 0.5) is 0 Å². The van der Waals surface area contributed by atoms with Crippen LogP contribution in [0.15, 0.2) is 103 Å². The Balaban J connectivity index is 1.80. The fourth-order valence-electron chi connectivity index (χ4n) is 3.45. The molecule has 0 aliphatic carbocycles. The largest absolute Gasteiger partial charge is 0.455 e. The number of rotatable bonds is 3. The molecule has 5 aromatic rings. The molecule has 0 bridgehead atoms. The second-order valence-electron chi connectivity index (χ2n) is 6.84. The molecule has 0 radical (unpaired) electrons.